The monoisotopic (exact) mass is 257 g/mol. The number of nitrogens with zero attached hydrogens (tertiary/aromatic N) is 1. The molecule has 18 heavy (non-hydrogen) atoms. The van der Waals surface area contributed by atoms with E-state index in [4.69, 9.17) is 14.2 Å². The fourth-order valence-corrected chi connectivity index (χ4v) is 2.97. The van der Waals surface area contributed by atoms with Crippen molar-refractivity contribution >= 4 is 6.29 Å². The first kappa shape index (κ1) is 13.9. The van der Waals surface area contributed by atoms with E-state index in [1.807, 2.05) is 0 Å². The number of hydrogen-bond acceptors (Lipinski definition) is 5. The van der Waals surface area contributed by atoms with E-state index < -0.39 is 0 Å². The normalized spacial score (nSPS) is 37.9. The Morgan fingerprint density at radius 3 is 2.44 bits per heavy atom. The molecule has 0 radical (unpaired) electrons. The Kier molecular flexibility index (Phi) is 4.72. The minimum atomic E-state index is -0.334. The molecule has 0 saturated carbocycles. The highest BCUT2D eigenvalue weighted by Crippen LogP contribution is 2.29. The molecule has 3 unspecified atom stereocenters. The summed E-state index contributed by atoms with van der Waals surface area (Å²) in [4.78, 5) is 13.7. The Bertz CT molecular complexity index is 266. The van der Waals surface area contributed by atoms with Crippen LogP contribution in [0, 0.1) is 5.41 Å². The maximum absolute atomic E-state index is 11.4. The molecule has 2 saturated heterocycles. The molecule has 0 aliphatic carbocycles. The summed E-state index contributed by atoms with van der Waals surface area (Å²) in [5.41, 5.74) is -0.334. The van der Waals surface area contributed by atoms with Crippen LogP contribution in [0.2, 0.25) is 0 Å². The van der Waals surface area contributed by atoms with Crippen LogP contribution in [0.25, 0.3) is 0 Å². The van der Waals surface area contributed by atoms with Crippen molar-refractivity contribution in [2.24, 2.45) is 5.41 Å². The number of carbonyl (C=O) groups is 1. The molecule has 0 spiro atoms. The summed E-state index contributed by atoms with van der Waals surface area (Å²) in [5, 5.41) is 0. The molecule has 0 bridgehead atoms. The highest BCUT2D eigenvalue weighted by atomic mass is 16.5. The lowest BCUT2D eigenvalue weighted by molar-refractivity contribution is -0.125. The van der Waals surface area contributed by atoms with Gasteiger partial charge in [-0.25, -0.2) is 0 Å². The molecule has 5 nitrogen and oxygen atoms in total. The molecular weight excluding hydrogens is 234 g/mol. The van der Waals surface area contributed by atoms with Crippen molar-refractivity contribution in [3.63, 3.8) is 0 Å². The van der Waals surface area contributed by atoms with Crippen LogP contribution in [0.15, 0.2) is 0 Å². The SMILES string of the molecule is COC1CN(CC2(C=O)CCCOC2)CC1OC. The molecule has 0 aromatic rings. The Balaban J connectivity index is 1.94. The first-order valence-corrected chi connectivity index (χ1v) is 6.55. The van der Waals surface area contributed by atoms with Gasteiger partial charge in [0.25, 0.3) is 0 Å². The summed E-state index contributed by atoms with van der Waals surface area (Å²) in [6, 6.07) is 0. The van der Waals surface area contributed by atoms with Gasteiger partial charge in [-0.3, -0.25) is 4.90 Å². The van der Waals surface area contributed by atoms with E-state index in [1.54, 1.807) is 14.2 Å². The van der Waals surface area contributed by atoms with Crippen molar-refractivity contribution < 1.29 is 19.0 Å². The largest absolute Gasteiger partial charge is 0.380 e. The zero-order valence-corrected chi connectivity index (χ0v) is 11.3. The third-order valence-corrected chi connectivity index (χ3v) is 4.04. The first-order chi connectivity index (χ1) is 8.73. The molecule has 0 N–H and O–H groups in total. The topological polar surface area (TPSA) is 48.0 Å². The summed E-state index contributed by atoms with van der Waals surface area (Å²) in [6.07, 6.45) is 3.16. The fourth-order valence-electron chi connectivity index (χ4n) is 2.97. The molecule has 2 heterocycles. The molecule has 2 aliphatic rings. The highest BCUT2D eigenvalue weighted by Gasteiger charge is 2.40. The van der Waals surface area contributed by atoms with Crippen LogP contribution in [0.4, 0.5) is 0 Å². The van der Waals surface area contributed by atoms with E-state index in [2.05, 4.69) is 4.90 Å². The van der Waals surface area contributed by atoms with Crippen molar-refractivity contribution in [3.8, 4) is 0 Å². The van der Waals surface area contributed by atoms with Crippen molar-refractivity contribution in [2.45, 2.75) is 25.0 Å². The second-order valence-corrected chi connectivity index (χ2v) is 5.38. The number of carbonyl (C=O) groups excluding carboxylic acids is 1. The van der Waals surface area contributed by atoms with Gasteiger partial charge >= 0.3 is 0 Å². The summed E-state index contributed by atoms with van der Waals surface area (Å²) in [7, 11) is 3.42. The van der Waals surface area contributed by atoms with Crippen LogP contribution in [-0.2, 0) is 19.0 Å². The Hall–Kier alpha value is -0.490. The third-order valence-electron chi connectivity index (χ3n) is 4.04. The van der Waals surface area contributed by atoms with Gasteiger partial charge in [0, 0.05) is 40.5 Å². The minimum absolute atomic E-state index is 0.100. The quantitative estimate of drug-likeness (QED) is 0.664. The maximum Gasteiger partial charge on any atom is 0.129 e. The van der Waals surface area contributed by atoms with Gasteiger partial charge in [-0.1, -0.05) is 0 Å². The third kappa shape index (κ3) is 2.91. The molecule has 2 fully saturated rings. The van der Waals surface area contributed by atoms with Crippen LogP contribution in [0.1, 0.15) is 12.8 Å². The van der Waals surface area contributed by atoms with E-state index in [-0.39, 0.29) is 17.6 Å². The number of likely N-dealkylation sites (tertiary alicyclic amines) is 1. The van der Waals surface area contributed by atoms with Gasteiger partial charge in [-0.15, -0.1) is 0 Å². The molecule has 0 aromatic heterocycles. The predicted octanol–water partition coefficient (Wildman–Crippen LogP) is 0.328. The average molecular weight is 257 g/mol. The van der Waals surface area contributed by atoms with Crippen molar-refractivity contribution in [2.75, 3.05) is 47.1 Å². The van der Waals surface area contributed by atoms with E-state index in [0.29, 0.717) is 6.61 Å². The van der Waals surface area contributed by atoms with Crippen LogP contribution >= 0.6 is 0 Å². The number of methoxy groups -OCH3 is 2. The maximum atomic E-state index is 11.4. The van der Waals surface area contributed by atoms with E-state index in [9.17, 15) is 4.79 Å². The second kappa shape index (κ2) is 6.10. The number of hydrogen-bond donors (Lipinski definition) is 0. The number of rotatable bonds is 5. The van der Waals surface area contributed by atoms with Crippen molar-refractivity contribution in [3.05, 3.63) is 0 Å². The van der Waals surface area contributed by atoms with Gasteiger partial charge in [0.2, 0.25) is 0 Å². The van der Waals surface area contributed by atoms with Gasteiger partial charge in [0.15, 0.2) is 0 Å². The van der Waals surface area contributed by atoms with Gasteiger partial charge < -0.3 is 19.0 Å². The molecule has 104 valence electrons. The van der Waals surface area contributed by atoms with Crippen LogP contribution < -0.4 is 0 Å². The van der Waals surface area contributed by atoms with Crippen LogP contribution in [0.3, 0.4) is 0 Å². The lowest BCUT2D eigenvalue weighted by Gasteiger charge is -2.35. The summed E-state index contributed by atoms with van der Waals surface area (Å²) < 4.78 is 16.3. The molecular formula is C13H23NO4. The fraction of sp³-hybridized carbons (Fsp3) is 0.923. The lowest BCUT2D eigenvalue weighted by Crippen LogP contribution is -2.44. The smallest absolute Gasteiger partial charge is 0.129 e. The van der Waals surface area contributed by atoms with Gasteiger partial charge in [0.05, 0.1) is 24.2 Å². The zero-order chi connectivity index (χ0) is 13.0. The number of aldehydes is 1. The van der Waals surface area contributed by atoms with Crippen molar-refractivity contribution in [1.82, 2.24) is 4.90 Å². The summed E-state index contributed by atoms with van der Waals surface area (Å²) in [6.45, 7) is 3.71. The predicted molar refractivity (Wildman–Crippen MR) is 66.6 cm³/mol. The molecule has 0 amide bonds. The molecule has 2 rings (SSSR count). The Morgan fingerprint density at radius 1 is 1.33 bits per heavy atom. The lowest BCUT2D eigenvalue weighted by atomic mass is 9.83. The Labute approximate surface area is 108 Å². The standard InChI is InChI=1S/C13H23NO4/c1-16-11-6-14(7-12(11)17-2)8-13(9-15)4-3-5-18-10-13/h9,11-12H,3-8,10H2,1-2H3. The first-order valence-electron chi connectivity index (χ1n) is 6.55. The molecule has 3 atom stereocenters. The minimum Gasteiger partial charge on any atom is -0.380 e. The summed E-state index contributed by atoms with van der Waals surface area (Å²) >= 11 is 0. The van der Waals surface area contributed by atoms with Crippen molar-refractivity contribution in [1.29, 1.82) is 0 Å². The van der Waals surface area contributed by atoms with E-state index in [0.717, 1.165) is 45.4 Å². The second-order valence-electron chi connectivity index (χ2n) is 5.38. The molecule has 0 aromatic carbocycles. The summed E-state index contributed by atoms with van der Waals surface area (Å²) in [5.74, 6) is 0. The molecule has 5 heteroatoms. The van der Waals surface area contributed by atoms with E-state index >= 15 is 0 Å². The zero-order valence-electron chi connectivity index (χ0n) is 11.3. The van der Waals surface area contributed by atoms with Gasteiger partial charge in [0.1, 0.15) is 6.29 Å². The Morgan fingerprint density at radius 2 is 2.00 bits per heavy atom. The van der Waals surface area contributed by atoms with E-state index in [1.165, 1.54) is 0 Å². The molecule has 2 aliphatic heterocycles. The van der Waals surface area contributed by atoms with Gasteiger partial charge in [-0.05, 0) is 12.8 Å². The van der Waals surface area contributed by atoms with Gasteiger partial charge in [-0.2, -0.15) is 0 Å². The van der Waals surface area contributed by atoms with Crippen LogP contribution in [-0.4, -0.2) is 70.5 Å². The number of ether oxygens (including phenoxy) is 3. The van der Waals surface area contributed by atoms with Crippen LogP contribution in [0.5, 0.6) is 0 Å². The highest BCUT2D eigenvalue weighted by molar-refractivity contribution is 5.60. The average Bonchev–Trinajstić information content (AvgIpc) is 2.81.